The largest absolute Gasteiger partial charge is 0.486 e. The van der Waals surface area contributed by atoms with E-state index in [1.807, 2.05) is 0 Å². The van der Waals surface area contributed by atoms with Crippen LogP contribution in [0.3, 0.4) is 0 Å². The van der Waals surface area contributed by atoms with Crippen molar-refractivity contribution < 1.29 is 32.2 Å². The molecule has 2 N–H and O–H groups in total. The van der Waals surface area contributed by atoms with Gasteiger partial charge in [0.2, 0.25) is 10.0 Å². The van der Waals surface area contributed by atoms with Crippen molar-refractivity contribution >= 4 is 21.9 Å². The molecule has 1 heterocycles. The van der Waals surface area contributed by atoms with Gasteiger partial charge in [-0.1, -0.05) is 19.3 Å². The number of carbonyl (C=O) groups is 2. The molecule has 0 bridgehead atoms. The summed E-state index contributed by atoms with van der Waals surface area (Å²) in [4.78, 5) is 24.2. The SMILES string of the molecule is CC(OC(=O)CCNS(=O)(=O)c1ccc2c(c1)OCCO2)C(=O)NC1CCCCC1. The Kier molecular flexibility index (Phi) is 7.54. The fraction of sp³-hybridized carbons (Fsp3) is 0.600. The van der Waals surface area contributed by atoms with E-state index < -0.39 is 22.1 Å². The summed E-state index contributed by atoms with van der Waals surface area (Å²) in [6.45, 7) is 2.13. The molecule has 166 valence electrons. The van der Waals surface area contributed by atoms with Crippen molar-refractivity contribution in [1.29, 1.82) is 0 Å². The topological polar surface area (TPSA) is 120 Å². The third kappa shape index (κ3) is 6.09. The number of hydrogen-bond acceptors (Lipinski definition) is 7. The van der Waals surface area contributed by atoms with Crippen LogP contribution in [0, 0.1) is 0 Å². The standard InChI is InChI=1S/C20H28N2O7S/c1-14(20(24)22-15-5-3-2-4-6-15)29-19(23)9-10-21-30(25,26)16-7-8-17-18(13-16)28-12-11-27-17/h7-8,13-15,21H,2-6,9-12H2,1H3,(H,22,24). The van der Waals surface area contributed by atoms with Crippen molar-refractivity contribution in [1.82, 2.24) is 10.0 Å². The van der Waals surface area contributed by atoms with Crippen LogP contribution in [0.15, 0.2) is 23.1 Å². The molecule has 1 amide bonds. The predicted octanol–water partition coefficient (Wildman–Crippen LogP) is 1.51. The van der Waals surface area contributed by atoms with Gasteiger partial charge in [-0.2, -0.15) is 0 Å². The van der Waals surface area contributed by atoms with Crippen molar-refractivity contribution in [3.8, 4) is 11.5 Å². The van der Waals surface area contributed by atoms with E-state index in [4.69, 9.17) is 14.2 Å². The van der Waals surface area contributed by atoms with Crippen molar-refractivity contribution in [3.05, 3.63) is 18.2 Å². The molecule has 30 heavy (non-hydrogen) atoms. The summed E-state index contributed by atoms with van der Waals surface area (Å²) in [5.74, 6) is -0.121. The Morgan fingerprint density at radius 2 is 1.83 bits per heavy atom. The molecule has 3 rings (SSSR count). The maximum atomic E-state index is 12.4. The predicted molar refractivity (Wildman–Crippen MR) is 108 cm³/mol. The van der Waals surface area contributed by atoms with Gasteiger partial charge >= 0.3 is 5.97 Å². The fourth-order valence-electron chi connectivity index (χ4n) is 3.44. The minimum atomic E-state index is -3.83. The lowest BCUT2D eigenvalue weighted by molar-refractivity contribution is -0.155. The number of carbonyl (C=O) groups excluding carboxylic acids is 2. The summed E-state index contributed by atoms with van der Waals surface area (Å²) < 4.78 is 43.1. The molecule has 1 aliphatic carbocycles. The number of esters is 1. The Hall–Kier alpha value is -2.33. The van der Waals surface area contributed by atoms with Crippen LogP contribution in [0.1, 0.15) is 45.4 Å². The second-order valence-corrected chi connectivity index (χ2v) is 9.20. The molecule has 1 aliphatic heterocycles. The monoisotopic (exact) mass is 440 g/mol. The Labute approximate surface area is 176 Å². The summed E-state index contributed by atoms with van der Waals surface area (Å²) >= 11 is 0. The molecule has 10 heteroatoms. The normalized spacial score (nSPS) is 17.8. The van der Waals surface area contributed by atoms with Gasteiger partial charge in [0.05, 0.1) is 11.3 Å². The minimum absolute atomic E-state index is 0.0142. The van der Waals surface area contributed by atoms with Gasteiger partial charge in [0.1, 0.15) is 13.2 Å². The van der Waals surface area contributed by atoms with Crippen molar-refractivity contribution in [2.24, 2.45) is 0 Å². The molecule has 2 aliphatic rings. The second kappa shape index (κ2) is 10.1. The van der Waals surface area contributed by atoms with Crippen LogP contribution in [-0.2, 0) is 24.3 Å². The number of amides is 1. The van der Waals surface area contributed by atoms with E-state index in [2.05, 4.69) is 10.0 Å². The number of sulfonamides is 1. The van der Waals surface area contributed by atoms with E-state index in [-0.39, 0.29) is 29.8 Å². The molecule has 1 fully saturated rings. The van der Waals surface area contributed by atoms with Gasteiger partial charge in [-0.3, -0.25) is 9.59 Å². The van der Waals surface area contributed by atoms with Gasteiger partial charge in [0, 0.05) is 18.7 Å². The quantitative estimate of drug-likeness (QED) is 0.588. The summed E-state index contributed by atoms with van der Waals surface area (Å²) in [5, 5.41) is 2.90. The lowest BCUT2D eigenvalue weighted by Crippen LogP contribution is -2.43. The Morgan fingerprint density at radius 1 is 1.13 bits per heavy atom. The van der Waals surface area contributed by atoms with E-state index in [0.29, 0.717) is 24.7 Å². The van der Waals surface area contributed by atoms with Crippen LogP contribution in [0.25, 0.3) is 0 Å². The highest BCUT2D eigenvalue weighted by molar-refractivity contribution is 7.89. The van der Waals surface area contributed by atoms with Crippen LogP contribution in [0.2, 0.25) is 0 Å². The van der Waals surface area contributed by atoms with Crippen LogP contribution in [0.4, 0.5) is 0 Å². The van der Waals surface area contributed by atoms with Gasteiger partial charge in [0.25, 0.3) is 5.91 Å². The summed E-state index contributed by atoms with van der Waals surface area (Å²) in [6.07, 6.45) is 4.12. The Morgan fingerprint density at radius 3 is 2.57 bits per heavy atom. The molecule has 9 nitrogen and oxygen atoms in total. The maximum absolute atomic E-state index is 12.4. The molecular formula is C20H28N2O7S. The van der Waals surface area contributed by atoms with Gasteiger partial charge in [-0.15, -0.1) is 0 Å². The summed E-state index contributed by atoms with van der Waals surface area (Å²) in [6, 6.07) is 4.45. The summed E-state index contributed by atoms with van der Waals surface area (Å²) in [7, 11) is -3.83. The van der Waals surface area contributed by atoms with Crippen molar-refractivity contribution in [2.45, 2.75) is 62.5 Å². The van der Waals surface area contributed by atoms with Crippen LogP contribution >= 0.6 is 0 Å². The highest BCUT2D eigenvalue weighted by Gasteiger charge is 2.23. The van der Waals surface area contributed by atoms with Gasteiger partial charge in [-0.05, 0) is 31.9 Å². The van der Waals surface area contributed by atoms with E-state index in [1.54, 1.807) is 0 Å². The molecular weight excluding hydrogens is 412 g/mol. The molecule has 0 spiro atoms. The number of benzene rings is 1. The first-order valence-corrected chi connectivity index (χ1v) is 11.7. The number of fused-ring (bicyclic) bond motifs is 1. The van der Waals surface area contributed by atoms with E-state index in [9.17, 15) is 18.0 Å². The highest BCUT2D eigenvalue weighted by atomic mass is 32.2. The molecule has 1 saturated carbocycles. The number of nitrogens with one attached hydrogen (secondary N) is 2. The van der Waals surface area contributed by atoms with E-state index in [1.165, 1.54) is 31.5 Å². The second-order valence-electron chi connectivity index (χ2n) is 7.43. The summed E-state index contributed by atoms with van der Waals surface area (Å²) in [5.41, 5.74) is 0. The molecule has 0 aromatic heterocycles. The zero-order chi connectivity index (χ0) is 21.6. The maximum Gasteiger partial charge on any atom is 0.307 e. The third-order valence-corrected chi connectivity index (χ3v) is 6.53. The number of ether oxygens (including phenoxy) is 3. The van der Waals surface area contributed by atoms with Gasteiger partial charge in [-0.25, -0.2) is 13.1 Å². The molecule has 0 radical (unpaired) electrons. The average Bonchev–Trinajstić information content (AvgIpc) is 2.74. The lowest BCUT2D eigenvalue weighted by atomic mass is 9.95. The molecule has 1 atom stereocenters. The van der Waals surface area contributed by atoms with Crippen molar-refractivity contribution in [3.63, 3.8) is 0 Å². The first-order chi connectivity index (χ1) is 14.3. The average molecular weight is 441 g/mol. The lowest BCUT2D eigenvalue weighted by Gasteiger charge is -2.24. The highest BCUT2D eigenvalue weighted by Crippen LogP contribution is 2.32. The molecule has 1 aromatic rings. The van der Waals surface area contributed by atoms with Crippen molar-refractivity contribution in [2.75, 3.05) is 19.8 Å². The number of rotatable bonds is 8. The van der Waals surface area contributed by atoms with Gasteiger partial charge in [0.15, 0.2) is 17.6 Å². The third-order valence-electron chi connectivity index (χ3n) is 5.07. The molecule has 1 aromatic carbocycles. The van der Waals surface area contributed by atoms with Gasteiger partial charge < -0.3 is 19.5 Å². The smallest absolute Gasteiger partial charge is 0.307 e. The first-order valence-electron chi connectivity index (χ1n) is 10.2. The number of hydrogen-bond donors (Lipinski definition) is 2. The zero-order valence-corrected chi connectivity index (χ0v) is 17.8. The van der Waals surface area contributed by atoms with Crippen LogP contribution < -0.4 is 19.5 Å². The minimum Gasteiger partial charge on any atom is -0.486 e. The van der Waals surface area contributed by atoms with E-state index >= 15 is 0 Å². The molecule has 1 unspecified atom stereocenters. The Balaban J connectivity index is 1.43. The molecule has 0 saturated heterocycles. The zero-order valence-electron chi connectivity index (χ0n) is 17.0. The van der Waals surface area contributed by atoms with E-state index in [0.717, 1.165) is 25.7 Å². The fourth-order valence-corrected chi connectivity index (χ4v) is 4.48. The van der Waals surface area contributed by atoms with Crippen LogP contribution in [0.5, 0.6) is 11.5 Å². The Bertz CT molecular complexity index is 866. The van der Waals surface area contributed by atoms with Crippen LogP contribution in [-0.4, -0.2) is 52.2 Å². The first kappa shape index (κ1) is 22.4.